The average molecular weight is 462 g/mol. The molecule has 0 radical (unpaired) electrons. The van der Waals surface area contributed by atoms with Crippen LogP contribution in [0, 0.1) is 0 Å². The first-order chi connectivity index (χ1) is 16.0. The van der Waals surface area contributed by atoms with Gasteiger partial charge in [0, 0.05) is 17.0 Å². The summed E-state index contributed by atoms with van der Waals surface area (Å²) in [6, 6.07) is 17.7. The summed E-state index contributed by atoms with van der Waals surface area (Å²) >= 11 is 1.56. The lowest BCUT2D eigenvalue weighted by Gasteiger charge is -2.08. The highest BCUT2D eigenvalue weighted by Crippen LogP contribution is 2.28. The van der Waals surface area contributed by atoms with E-state index in [0.717, 1.165) is 38.1 Å². The molecule has 0 bridgehead atoms. The summed E-state index contributed by atoms with van der Waals surface area (Å²) in [4.78, 5) is 5.57. The number of hydrogen-bond acceptors (Lipinski definition) is 6. The van der Waals surface area contributed by atoms with Crippen molar-refractivity contribution in [3.05, 3.63) is 70.3 Å². The second-order valence-electron chi connectivity index (χ2n) is 7.77. The summed E-state index contributed by atoms with van der Waals surface area (Å²) in [5.74, 6) is 1.39. The lowest BCUT2D eigenvalue weighted by molar-refractivity contribution is 0.318. The fourth-order valence-electron chi connectivity index (χ4n) is 3.44. The van der Waals surface area contributed by atoms with Crippen molar-refractivity contribution in [1.82, 2.24) is 4.68 Å². The zero-order valence-electron chi connectivity index (χ0n) is 19.1. The molecule has 0 aliphatic rings. The molecule has 0 spiro atoms. The van der Waals surface area contributed by atoms with Crippen LogP contribution in [-0.2, 0) is 0 Å². The van der Waals surface area contributed by atoms with Crippen LogP contribution in [0.4, 0.5) is 0 Å². The van der Waals surface area contributed by atoms with E-state index in [1.165, 1.54) is 0 Å². The molecule has 0 unspecified atom stereocenters. The molecule has 1 heterocycles. The number of thiazole rings is 1. The van der Waals surface area contributed by atoms with Crippen molar-refractivity contribution in [2.24, 2.45) is 10.1 Å². The fraction of sp³-hybridized carbons (Fsp3) is 0.231. The minimum absolute atomic E-state index is 0.112. The van der Waals surface area contributed by atoms with Crippen molar-refractivity contribution in [1.29, 1.82) is 0 Å². The molecule has 0 fully saturated rings. The van der Waals surface area contributed by atoms with Crippen LogP contribution < -0.4 is 14.3 Å². The maximum absolute atomic E-state index is 9.98. The maximum Gasteiger partial charge on any atom is 0.206 e. The SMILES string of the molecule is CCOc1cc(C=Nn2c(-c3ccc4cc(OC)ccc4c3)csc2=NC(C)C)ccc1O. The quantitative estimate of drug-likeness (QED) is 0.360. The van der Waals surface area contributed by atoms with Gasteiger partial charge in [-0.15, -0.1) is 11.3 Å². The average Bonchev–Trinajstić information content (AvgIpc) is 3.20. The van der Waals surface area contributed by atoms with Gasteiger partial charge in [0.1, 0.15) is 5.75 Å². The Morgan fingerprint density at radius 2 is 1.85 bits per heavy atom. The van der Waals surface area contributed by atoms with E-state index in [1.807, 2.05) is 37.6 Å². The zero-order chi connectivity index (χ0) is 23.4. The van der Waals surface area contributed by atoms with E-state index in [0.29, 0.717) is 12.4 Å². The Morgan fingerprint density at radius 1 is 1.06 bits per heavy atom. The van der Waals surface area contributed by atoms with E-state index in [1.54, 1.807) is 42.9 Å². The highest BCUT2D eigenvalue weighted by molar-refractivity contribution is 7.07. The number of hydrogen-bond donors (Lipinski definition) is 1. The first-order valence-corrected chi connectivity index (χ1v) is 11.7. The van der Waals surface area contributed by atoms with Crippen molar-refractivity contribution in [3.63, 3.8) is 0 Å². The van der Waals surface area contributed by atoms with Gasteiger partial charge >= 0.3 is 0 Å². The van der Waals surface area contributed by atoms with E-state index in [2.05, 4.69) is 29.6 Å². The monoisotopic (exact) mass is 461 g/mol. The van der Waals surface area contributed by atoms with Gasteiger partial charge in [-0.3, -0.25) is 4.99 Å². The molecule has 0 saturated heterocycles. The van der Waals surface area contributed by atoms with Gasteiger partial charge in [0.15, 0.2) is 11.5 Å². The number of rotatable bonds is 7. The number of fused-ring (bicyclic) bond motifs is 1. The summed E-state index contributed by atoms with van der Waals surface area (Å²) in [6.07, 6.45) is 1.75. The highest BCUT2D eigenvalue weighted by atomic mass is 32.1. The number of aromatic nitrogens is 1. The maximum atomic E-state index is 9.98. The van der Waals surface area contributed by atoms with Gasteiger partial charge in [0.05, 0.1) is 25.6 Å². The predicted octanol–water partition coefficient (Wildman–Crippen LogP) is 5.67. The molecule has 0 amide bonds. The number of methoxy groups -OCH3 is 1. The van der Waals surface area contributed by atoms with Gasteiger partial charge in [-0.05, 0) is 73.5 Å². The van der Waals surface area contributed by atoms with E-state index in [9.17, 15) is 5.11 Å². The summed E-state index contributed by atoms with van der Waals surface area (Å²) in [7, 11) is 1.67. The van der Waals surface area contributed by atoms with Gasteiger partial charge in [-0.1, -0.05) is 18.2 Å². The Morgan fingerprint density at radius 3 is 2.61 bits per heavy atom. The van der Waals surface area contributed by atoms with E-state index >= 15 is 0 Å². The number of phenols is 1. The van der Waals surface area contributed by atoms with Crippen LogP contribution in [0.1, 0.15) is 26.3 Å². The lowest BCUT2D eigenvalue weighted by Crippen LogP contribution is -2.14. The molecule has 4 aromatic rings. The molecule has 0 saturated carbocycles. The second kappa shape index (κ2) is 9.92. The van der Waals surface area contributed by atoms with Gasteiger partial charge in [-0.2, -0.15) is 5.10 Å². The number of aromatic hydroxyl groups is 1. The van der Waals surface area contributed by atoms with Crippen LogP contribution in [0.3, 0.4) is 0 Å². The normalized spacial score (nSPS) is 12.2. The van der Waals surface area contributed by atoms with Crippen LogP contribution in [0.15, 0.2) is 70.1 Å². The Kier molecular flexibility index (Phi) is 6.79. The molecule has 170 valence electrons. The van der Waals surface area contributed by atoms with Crippen LogP contribution in [0.2, 0.25) is 0 Å². The molecule has 0 atom stereocenters. The standard InChI is InChI=1S/C26H27N3O3S/c1-5-32-25-12-18(6-11-24(25)30)15-27-29-23(16-33-26(29)28-17(2)3)21-8-7-20-14-22(31-4)10-9-19(20)13-21/h6-17,30H,5H2,1-4H3. The first kappa shape index (κ1) is 22.6. The summed E-state index contributed by atoms with van der Waals surface area (Å²) in [5.41, 5.74) is 2.83. The third kappa shape index (κ3) is 5.09. The van der Waals surface area contributed by atoms with Crippen molar-refractivity contribution in [2.75, 3.05) is 13.7 Å². The van der Waals surface area contributed by atoms with Crippen LogP contribution in [0.25, 0.3) is 22.0 Å². The number of nitrogens with zero attached hydrogens (tertiary/aromatic N) is 3. The minimum atomic E-state index is 0.112. The molecule has 1 aromatic heterocycles. The number of phenolic OH excluding ortho intramolecular Hbond substituents is 1. The molecule has 7 heteroatoms. The van der Waals surface area contributed by atoms with Crippen molar-refractivity contribution in [2.45, 2.75) is 26.8 Å². The van der Waals surface area contributed by atoms with Gasteiger partial charge in [0.25, 0.3) is 0 Å². The van der Waals surface area contributed by atoms with Crippen molar-refractivity contribution in [3.8, 4) is 28.5 Å². The van der Waals surface area contributed by atoms with Crippen molar-refractivity contribution < 1.29 is 14.6 Å². The Bertz CT molecular complexity index is 1370. The summed E-state index contributed by atoms with van der Waals surface area (Å²) < 4.78 is 12.7. The second-order valence-corrected chi connectivity index (χ2v) is 8.61. The van der Waals surface area contributed by atoms with Gasteiger partial charge < -0.3 is 14.6 Å². The summed E-state index contributed by atoms with van der Waals surface area (Å²) in [5, 5.41) is 19.0. The van der Waals surface area contributed by atoms with Gasteiger partial charge in [-0.25, -0.2) is 4.68 Å². The fourth-order valence-corrected chi connectivity index (χ4v) is 4.41. The smallest absolute Gasteiger partial charge is 0.206 e. The molecule has 0 aliphatic heterocycles. The predicted molar refractivity (Wildman–Crippen MR) is 135 cm³/mol. The topological polar surface area (TPSA) is 68.3 Å². The summed E-state index contributed by atoms with van der Waals surface area (Å²) in [6.45, 7) is 6.45. The molecule has 3 aromatic carbocycles. The first-order valence-electron chi connectivity index (χ1n) is 10.8. The van der Waals surface area contributed by atoms with Gasteiger partial charge in [0.2, 0.25) is 4.80 Å². The van der Waals surface area contributed by atoms with Crippen LogP contribution >= 0.6 is 11.3 Å². The molecule has 0 aliphatic carbocycles. The molecule has 1 N–H and O–H groups in total. The Labute approximate surface area is 197 Å². The zero-order valence-corrected chi connectivity index (χ0v) is 20.0. The Hall–Kier alpha value is -3.58. The largest absolute Gasteiger partial charge is 0.504 e. The minimum Gasteiger partial charge on any atom is -0.504 e. The lowest BCUT2D eigenvalue weighted by atomic mass is 10.1. The Balaban J connectivity index is 1.78. The third-order valence-corrected chi connectivity index (χ3v) is 5.83. The molecule has 33 heavy (non-hydrogen) atoms. The van der Waals surface area contributed by atoms with E-state index in [4.69, 9.17) is 19.6 Å². The molecule has 4 rings (SSSR count). The van der Waals surface area contributed by atoms with Crippen molar-refractivity contribution >= 4 is 28.3 Å². The molecular formula is C26H27N3O3S. The van der Waals surface area contributed by atoms with Crippen LogP contribution in [0.5, 0.6) is 17.2 Å². The third-order valence-electron chi connectivity index (χ3n) is 5.00. The van der Waals surface area contributed by atoms with E-state index in [-0.39, 0.29) is 11.8 Å². The van der Waals surface area contributed by atoms with Crippen LogP contribution in [-0.4, -0.2) is 35.8 Å². The number of ether oxygens (including phenoxy) is 2. The highest BCUT2D eigenvalue weighted by Gasteiger charge is 2.10. The molecule has 6 nitrogen and oxygen atoms in total. The number of benzene rings is 3. The molecular weight excluding hydrogens is 434 g/mol. The van der Waals surface area contributed by atoms with E-state index < -0.39 is 0 Å².